The summed E-state index contributed by atoms with van der Waals surface area (Å²) in [5.41, 5.74) is 1.93. The number of pyridine rings is 2. The molecule has 10 heteroatoms. The topological polar surface area (TPSA) is 88.2 Å². The second kappa shape index (κ2) is 10.8. The monoisotopic (exact) mass is 554 g/mol. The Labute approximate surface area is 226 Å². The Kier molecular flexibility index (Phi) is 7.24. The van der Waals surface area contributed by atoms with Gasteiger partial charge in [0.05, 0.1) is 18.1 Å². The van der Waals surface area contributed by atoms with Gasteiger partial charge in [-0.1, -0.05) is 0 Å². The zero-order valence-electron chi connectivity index (χ0n) is 21.7. The molecule has 0 bridgehead atoms. The Morgan fingerprint density at radius 3 is 2.69 bits per heavy atom. The van der Waals surface area contributed by atoms with Crippen LogP contribution in [-0.2, 0) is 10.0 Å². The number of ether oxygens (including phenoxy) is 1. The lowest BCUT2D eigenvalue weighted by Gasteiger charge is -2.34. The molecule has 0 amide bonds. The van der Waals surface area contributed by atoms with E-state index in [0.717, 1.165) is 78.2 Å². The molecular weight excluding hydrogens is 522 g/mol. The summed E-state index contributed by atoms with van der Waals surface area (Å²) in [4.78, 5) is 12.4. The minimum absolute atomic E-state index is 0.0117. The average Bonchev–Trinajstić information content (AvgIpc) is 3.42. The molecule has 1 N–H and O–H groups in total. The van der Waals surface area contributed by atoms with Crippen LogP contribution in [-0.4, -0.2) is 53.1 Å². The Balaban J connectivity index is 1.07. The van der Waals surface area contributed by atoms with Crippen molar-refractivity contribution in [3.05, 3.63) is 66.3 Å². The number of nitrogens with one attached hydrogen (secondary N) is 1. The summed E-state index contributed by atoms with van der Waals surface area (Å²) in [6, 6.07) is 7.24. The molecule has 1 atom stereocenters. The Morgan fingerprint density at radius 2 is 1.87 bits per heavy atom. The van der Waals surface area contributed by atoms with E-state index in [2.05, 4.69) is 9.97 Å². The molecule has 1 aliphatic heterocycles. The van der Waals surface area contributed by atoms with Crippen molar-refractivity contribution in [2.45, 2.75) is 44.4 Å². The van der Waals surface area contributed by atoms with Crippen molar-refractivity contribution in [3.8, 4) is 5.75 Å². The molecule has 2 aliphatic rings. The van der Waals surface area contributed by atoms with E-state index in [-0.39, 0.29) is 35.9 Å². The van der Waals surface area contributed by atoms with E-state index in [1.165, 1.54) is 6.07 Å². The van der Waals surface area contributed by atoms with Crippen LogP contribution in [0.3, 0.4) is 0 Å². The molecule has 1 unspecified atom stereocenters. The molecule has 39 heavy (non-hydrogen) atoms. The number of sulfonamides is 1. The smallest absolute Gasteiger partial charge is 0.214 e. The van der Waals surface area contributed by atoms with Gasteiger partial charge in [0.1, 0.15) is 11.5 Å². The fourth-order valence-electron chi connectivity index (χ4n) is 6.23. The van der Waals surface area contributed by atoms with Gasteiger partial charge in [-0.2, -0.15) is 0 Å². The van der Waals surface area contributed by atoms with Gasteiger partial charge in [-0.3, -0.25) is 4.98 Å². The van der Waals surface area contributed by atoms with Crippen molar-refractivity contribution in [1.29, 1.82) is 0 Å². The van der Waals surface area contributed by atoms with Crippen LogP contribution in [0.1, 0.15) is 50.1 Å². The molecule has 3 aromatic heterocycles. The van der Waals surface area contributed by atoms with Gasteiger partial charge < -0.3 is 9.72 Å². The van der Waals surface area contributed by atoms with Crippen LogP contribution in [0.4, 0.5) is 8.78 Å². The molecular formula is C29H32F2N4O3S. The van der Waals surface area contributed by atoms with Crippen LogP contribution >= 0.6 is 0 Å². The summed E-state index contributed by atoms with van der Waals surface area (Å²) in [5, 5.41) is 3.29. The van der Waals surface area contributed by atoms with E-state index in [0.29, 0.717) is 13.1 Å². The second-order valence-corrected chi connectivity index (χ2v) is 12.9. The van der Waals surface area contributed by atoms with Crippen molar-refractivity contribution in [2.24, 2.45) is 11.8 Å². The molecule has 206 valence electrons. The predicted molar refractivity (Wildman–Crippen MR) is 146 cm³/mol. The summed E-state index contributed by atoms with van der Waals surface area (Å²) < 4.78 is 61.0. The average molecular weight is 555 g/mol. The van der Waals surface area contributed by atoms with Gasteiger partial charge in [0.2, 0.25) is 10.0 Å². The number of benzene rings is 1. The van der Waals surface area contributed by atoms with Gasteiger partial charge in [0, 0.05) is 65.7 Å². The Morgan fingerprint density at radius 1 is 1.03 bits per heavy atom. The lowest BCUT2D eigenvalue weighted by Crippen LogP contribution is -2.43. The minimum Gasteiger partial charge on any atom is -0.490 e. The maximum absolute atomic E-state index is 13.9. The molecule has 1 aliphatic carbocycles. The summed E-state index contributed by atoms with van der Waals surface area (Å²) in [6.45, 7) is 1.06. The van der Waals surface area contributed by atoms with Crippen molar-refractivity contribution in [2.75, 3.05) is 25.4 Å². The molecule has 4 aromatic rings. The fraction of sp³-hybridized carbons (Fsp3) is 0.448. The van der Waals surface area contributed by atoms with Gasteiger partial charge >= 0.3 is 0 Å². The van der Waals surface area contributed by atoms with E-state index in [9.17, 15) is 17.2 Å². The highest BCUT2D eigenvalue weighted by molar-refractivity contribution is 7.89. The van der Waals surface area contributed by atoms with E-state index in [4.69, 9.17) is 9.72 Å². The lowest BCUT2D eigenvalue weighted by molar-refractivity contribution is 0.175. The third-order valence-corrected chi connectivity index (χ3v) is 10.3. The predicted octanol–water partition coefficient (Wildman–Crippen LogP) is 5.78. The van der Waals surface area contributed by atoms with Gasteiger partial charge in [-0.05, 0) is 68.7 Å². The number of H-pyrrole nitrogens is 1. The summed E-state index contributed by atoms with van der Waals surface area (Å²) in [7, 11) is -3.42. The second-order valence-electron chi connectivity index (χ2n) is 10.9. The first-order chi connectivity index (χ1) is 18.9. The van der Waals surface area contributed by atoms with E-state index < -0.39 is 21.7 Å². The van der Waals surface area contributed by atoms with E-state index in [1.54, 1.807) is 4.31 Å². The SMILES string of the molecule is O=S(=O)(CC1CCC(c2nccc3cnc4[nH]ccc4c23)CC1)N1CCCC(COc2ccc(F)cc2F)C1. The Hall–Kier alpha value is -3.11. The first-order valence-corrected chi connectivity index (χ1v) is 15.2. The number of aromatic nitrogens is 3. The summed E-state index contributed by atoms with van der Waals surface area (Å²) in [5.74, 6) is -0.912. The number of halogens is 2. The minimum atomic E-state index is -3.42. The van der Waals surface area contributed by atoms with Gasteiger partial charge in [-0.25, -0.2) is 26.5 Å². The quantitative estimate of drug-likeness (QED) is 0.313. The van der Waals surface area contributed by atoms with Crippen molar-refractivity contribution in [3.63, 3.8) is 0 Å². The van der Waals surface area contributed by atoms with E-state index in [1.807, 2.05) is 30.7 Å². The van der Waals surface area contributed by atoms with Crippen molar-refractivity contribution in [1.82, 2.24) is 19.3 Å². The number of nitrogens with zero attached hydrogens (tertiary/aromatic N) is 3. The standard InChI is InChI=1S/C29H32F2N4O3S/c30-23-7-8-26(25(31)14-23)38-17-20-2-1-13-35(16-20)39(36,37)18-19-3-5-21(6-4-19)28-27-22(9-11-32-28)15-34-29-24(27)10-12-33-29/h7-12,14-15,19-21H,1-6,13,16-18H2,(H,33,34). The van der Waals surface area contributed by atoms with Crippen LogP contribution in [0.25, 0.3) is 21.8 Å². The number of fused-ring (bicyclic) bond motifs is 3. The molecule has 0 radical (unpaired) electrons. The number of hydrogen-bond donors (Lipinski definition) is 1. The molecule has 1 saturated carbocycles. The number of hydrogen-bond acceptors (Lipinski definition) is 5. The van der Waals surface area contributed by atoms with Crippen LogP contribution in [0, 0.1) is 23.5 Å². The molecule has 2 fully saturated rings. The third kappa shape index (κ3) is 5.49. The Bertz CT molecular complexity index is 1580. The lowest BCUT2D eigenvalue weighted by atomic mass is 9.80. The number of rotatable bonds is 7. The zero-order chi connectivity index (χ0) is 27.0. The van der Waals surface area contributed by atoms with Gasteiger partial charge in [0.25, 0.3) is 0 Å². The largest absolute Gasteiger partial charge is 0.490 e. The molecule has 4 heterocycles. The first-order valence-electron chi connectivity index (χ1n) is 13.6. The molecule has 6 rings (SSSR count). The van der Waals surface area contributed by atoms with E-state index >= 15 is 0 Å². The molecule has 0 spiro atoms. The fourth-order valence-corrected chi connectivity index (χ4v) is 8.21. The summed E-state index contributed by atoms with van der Waals surface area (Å²) >= 11 is 0. The maximum atomic E-state index is 13.9. The third-order valence-electron chi connectivity index (χ3n) is 8.26. The molecule has 1 saturated heterocycles. The maximum Gasteiger partial charge on any atom is 0.214 e. The van der Waals surface area contributed by atoms with Crippen LogP contribution < -0.4 is 4.74 Å². The molecule has 1 aromatic carbocycles. The highest BCUT2D eigenvalue weighted by atomic mass is 32.2. The molecule has 7 nitrogen and oxygen atoms in total. The highest BCUT2D eigenvalue weighted by Gasteiger charge is 2.34. The zero-order valence-corrected chi connectivity index (χ0v) is 22.5. The first kappa shape index (κ1) is 26.1. The van der Waals surface area contributed by atoms with Crippen LogP contribution in [0.5, 0.6) is 5.75 Å². The normalized spacial score (nSPS) is 22.9. The van der Waals surface area contributed by atoms with Gasteiger partial charge in [0.15, 0.2) is 11.6 Å². The summed E-state index contributed by atoms with van der Waals surface area (Å²) in [6.07, 6.45) is 10.7. The van der Waals surface area contributed by atoms with Crippen molar-refractivity contribution < 1.29 is 21.9 Å². The van der Waals surface area contributed by atoms with Crippen LogP contribution in [0.15, 0.2) is 48.9 Å². The van der Waals surface area contributed by atoms with Gasteiger partial charge in [-0.15, -0.1) is 0 Å². The van der Waals surface area contributed by atoms with Crippen LogP contribution in [0.2, 0.25) is 0 Å². The van der Waals surface area contributed by atoms with Crippen molar-refractivity contribution >= 4 is 31.8 Å². The number of aromatic amines is 1. The number of piperidine rings is 1. The highest BCUT2D eigenvalue weighted by Crippen LogP contribution is 2.40.